The summed E-state index contributed by atoms with van der Waals surface area (Å²) in [4.78, 5) is 17.3. The third-order valence-electron chi connectivity index (χ3n) is 5.56. The zero-order valence-corrected chi connectivity index (χ0v) is 15.9. The summed E-state index contributed by atoms with van der Waals surface area (Å²) in [6.07, 6.45) is 7.02. The summed E-state index contributed by atoms with van der Waals surface area (Å²) < 4.78 is 13.1. The van der Waals surface area contributed by atoms with E-state index in [0.29, 0.717) is 33.5 Å². The smallest absolute Gasteiger partial charge is 0.248 e. The average Bonchev–Trinajstić information content (AvgIpc) is 2.98. The van der Waals surface area contributed by atoms with E-state index in [2.05, 4.69) is 10.3 Å². The number of methoxy groups -OCH3 is 2. The van der Waals surface area contributed by atoms with Crippen molar-refractivity contribution in [2.24, 2.45) is 5.92 Å². The lowest BCUT2D eigenvalue weighted by atomic mass is 9.85. The quantitative estimate of drug-likeness (QED) is 0.812. The van der Waals surface area contributed by atoms with Gasteiger partial charge in [0.1, 0.15) is 11.9 Å². The van der Waals surface area contributed by atoms with E-state index in [1.165, 1.54) is 32.1 Å². The molecular formula is C19H23N3O3S. The van der Waals surface area contributed by atoms with Crippen molar-refractivity contribution in [1.29, 1.82) is 0 Å². The molecule has 1 unspecified atom stereocenters. The standard InChI is InChI=1S/C19H23N3O3S/c1-24-15-9-12-13(10-16(15)25-2)20-19(26)22-14(18(23)21-17(12)22)8-11-6-4-3-5-7-11/h9-11,14H,3-8H2,1-2H3,(H,21,23). The van der Waals surface area contributed by atoms with Gasteiger partial charge in [-0.05, 0) is 30.6 Å². The molecule has 6 nitrogen and oxygen atoms in total. The predicted octanol–water partition coefficient (Wildman–Crippen LogP) is 4.25. The van der Waals surface area contributed by atoms with Crippen LogP contribution in [0, 0.1) is 10.7 Å². The fourth-order valence-electron chi connectivity index (χ4n) is 4.22. The van der Waals surface area contributed by atoms with Crippen LogP contribution in [-0.2, 0) is 4.79 Å². The van der Waals surface area contributed by atoms with Gasteiger partial charge in [0.2, 0.25) is 10.7 Å². The van der Waals surface area contributed by atoms with Gasteiger partial charge in [0.05, 0.1) is 19.7 Å². The average molecular weight is 373 g/mol. The Bertz CT molecular complexity index is 918. The fraction of sp³-hybridized carbons (Fsp3) is 0.526. The lowest BCUT2D eigenvalue weighted by Gasteiger charge is -2.24. The Morgan fingerprint density at radius 1 is 1.19 bits per heavy atom. The molecule has 1 N–H and O–H groups in total. The maximum absolute atomic E-state index is 12.7. The van der Waals surface area contributed by atoms with Gasteiger partial charge in [0.15, 0.2) is 11.5 Å². The minimum atomic E-state index is -0.273. The van der Waals surface area contributed by atoms with Crippen molar-refractivity contribution in [3.8, 4) is 11.5 Å². The van der Waals surface area contributed by atoms with Crippen molar-refractivity contribution >= 4 is 34.8 Å². The second-order valence-corrected chi connectivity index (χ2v) is 7.45. The molecule has 1 aliphatic carbocycles. The highest BCUT2D eigenvalue weighted by Crippen LogP contribution is 2.40. The van der Waals surface area contributed by atoms with Crippen LogP contribution < -0.4 is 14.8 Å². The van der Waals surface area contributed by atoms with Crippen LogP contribution in [-0.4, -0.2) is 29.7 Å². The molecule has 7 heteroatoms. The van der Waals surface area contributed by atoms with Crippen LogP contribution in [0.5, 0.6) is 11.5 Å². The van der Waals surface area contributed by atoms with E-state index in [1.807, 2.05) is 10.6 Å². The summed E-state index contributed by atoms with van der Waals surface area (Å²) >= 11 is 5.53. The van der Waals surface area contributed by atoms with E-state index in [0.717, 1.165) is 11.8 Å². The van der Waals surface area contributed by atoms with Gasteiger partial charge in [-0.1, -0.05) is 32.1 Å². The van der Waals surface area contributed by atoms with Crippen LogP contribution in [0.2, 0.25) is 0 Å². The molecule has 1 amide bonds. The van der Waals surface area contributed by atoms with Crippen LogP contribution in [0.4, 0.5) is 5.82 Å². The molecule has 1 aliphatic heterocycles. The molecule has 4 rings (SSSR count). The minimum absolute atomic E-state index is 0.00533. The summed E-state index contributed by atoms with van der Waals surface area (Å²) in [5, 5.41) is 3.85. The maximum Gasteiger partial charge on any atom is 0.248 e. The number of rotatable bonds is 4. The highest BCUT2D eigenvalue weighted by atomic mass is 32.1. The molecule has 1 fully saturated rings. The first-order valence-corrected chi connectivity index (χ1v) is 9.52. The first-order valence-electron chi connectivity index (χ1n) is 9.11. The summed E-state index contributed by atoms with van der Waals surface area (Å²) in [5.41, 5.74) is 0.692. The van der Waals surface area contributed by atoms with Gasteiger partial charge in [-0.3, -0.25) is 9.36 Å². The molecule has 0 spiro atoms. The van der Waals surface area contributed by atoms with Gasteiger partial charge in [-0.25, -0.2) is 4.98 Å². The molecular weight excluding hydrogens is 350 g/mol. The first kappa shape index (κ1) is 17.3. The number of aromatic nitrogens is 2. The van der Waals surface area contributed by atoms with Gasteiger partial charge in [-0.15, -0.1) is 0 Å². The predicted molar refractivity (Wildman–Crippen MR) is 103 cm³/mol. The highest BCUT2D eigenvalue weighted by Gasteiger charge is 2.34. The number of anilines is 1. The minimum Gasteiger partial charge on any atom is -0.493 e. The van der Waals surface area contributed by atoms with Crippen molar-refractivity contribution in [3.63, 3.8) is 0 Å². The number of amides is 1. The zero-order valence-electron chi connectivity index (χ0n) is 15.1. The largest absolute Gasteiger partial charge is 0.493 e. The highest BCUT2D eigenvalue weighted by molar-refractivity contribution is 7.71. The molecule has 1 atom stereocenters. The van der Waals surface area contributed by atoms with Crippen LogP contribution in [0.1, 0.15) is 44.6 Å². The Morgan fingerprint density at radius 2 is 1.88 bits per heavy atom. The second kappa shape index (κ2) is 6.87. The third kappa shape index (κ3) is 2.84. The third-order valence-corrected chi connectivity index (χ3v) is 5.85. The Balaban J connectivity index is 1.80. The van der Waals surface area contributed by atoms with Crippen molar-refractivity contribution in [2.45, 2.75) is 44.6 Å². The van der Waals surface area contributed by atoms with E-state index >= 15 is 0 Å². The van der Waals surface area contributed by atoms with E-state index in [4.69, 9.17) is 21.7 Å². The van der Waals surface area contributed by atoms with Gasteiger partial charge in [0.25, 0.3) is 0 Å². The normalized spacial score (nSPS) is 20.1. The number of nitrogens with zero attached hydrogens (tertiary/aromatic N) is 2. The lowest BCUT2D eigenvalue weighted by Crippen LogP contribution is -2.20. The number of benzene rings is 1. The summed E-state index contributed by atoms with van der Waals surface area (Å²) in [5.74, 6) is 2.49. The monoisotopic (exact) mass is 373 g/mol. The SMILES string of the molecule is COc1cc2nc(=S)n3c(c2cc1OC)NC(=O)C3CC1CCCCC1. The Labute approximate surface area is 157 Å². The number of hydrogen-bond acceptors (Lipinski definition) is 5. The van der Waals surface area contributed by atoms with Crippen LogP contribution in [0.3, 0.4) is 0 Å². The topological polar surface area (TPSA) is 65.4 Å². The molecule has 0 saturated heterocycles. The number of hydrogen-bond donors (Lipinski definition) is 1. The molecule has 2 aromatic rings. The first-order chi connectivity index (χ1) is 12.6. The Kier molecular flexibility index (Phi) is 4.56. The molecule has 1 aromatic heterocycles. The van der Waals surface area contributed by atoms with E-state index < -0.39 is 0 Å². The number of carbonyl (C=O) groups excluding carboxylic acids is 1. The lowest BCUT2D eigenvalue weighted by molar-refractivity contribution is -0.118. The number of nitrogens with one attached hydrogen (secondary N) is 1. The zero-order chi connectivity index (χ0) is 18.3. The summed E-state index contributed by atoms with van der Waals surface area (Å²) in [6.45, 7) is 0. The number of ether oxygens (including phenoxy) is 2. The molecule has 0 bridgehead atoms. The van der Waals surface area contributed by atoms with Crippen LogP contribution >= 0.6 is 12.2 Å². The Morgan fingerprint density at radius 3 is 2.58 bits per heavy atom. The Hall–Kier alpha value is -2.15. The van der Waals surface area contributed by atoms with Gasteiger partial charge in [-0.2, -0.15) is 0 Å². The van der Waals surface area contributed by atoms with Gasteiger partial charge < -0.3 is 14.8 Å². The number of fused-ring (bicyclic) bond motifs is 3. The second-order valence-electron chi connectivity index (χ2n) is 7.08. The molecule has 138 valence electrons. The van der Waals surface area contributed by atoms with Crippen molar-refractivity contribution < 1.29 is 14.3 Å². The molecule has 26 heavy (non-hydrogen) atoms. The molecule has 0 radical (unpaired) electrons. The molecule has 2 aliphatic rings. The van der Waals surface area contributed by atoms with Gasteiger partial charge in [0, 0.05) is 11.5 Å². The van der Waals surface area contributed by atoms with Crippen molar-refractivity contribution in [3.05, 3.63) is 16.9 Å². The molecule has 1 saturated carbocycles. The van der Waals surface area contributed by atoms with Crippen molar-refractivity contribution in [1.82, 2.24) is 9.55 Å². The van der Waals surface area contributed by atoms with Crippen LogP contribution in [0.25, 0.3) is 10.9 Å². The molecule has 2 heterocycles. The van der Waals surface area contributed by atoms with E-state index in [1.54, 1.807) is 20.3 Å². The van der Waals surface area contributed by atoms with Gasteiger partial charge >= 0.3 is 0 Å². The fourth-order valence-corrected chi connectivity index (χ4v) is 4.53. The summed E-state index contributed by atoms with van der Waals surface area (Å²) in [6, 6.07) is 3.38. The van der Waals surface area contributed by atoms with E-state index in [-0.39, 0.29) is 11.9 Å². The summed E-state index contributed by atoms with van der Waals surface area (Å²) in [7, 11) is 3.18. The molecule has 1 aromatic carbocycles. The van der Waals surface area contributed by atoms with Crippen LogP contribution in [0.15, 0.2) is 12.1 Å². The van der Waals surface area contributed by atoms with Crippen molar-refractivity contribution in [2.75, 3.05) is 19.5 Å². The number of carbonyl (C=O) groups is 1. The van der Waals surface area contributed by atoms with E-state index in [9.17, 15) is 4.79 Å². The maximum atomic E-state index is 12.7.